The molecule has 0 aromatic carbocycles. The molecule has 0 spiro atoms. The topological polar surface area (TPSA) is 57.6 Å². The van der Waals surface area contributed by atoms with E-state index >= 15 is 0 Å². The molecule has 0 aliphatic carbocycles. The summed E-state index contributed by atoms with van der Waals surface area (Å²) in [6.07, 6.45) is 3.93. The number of hydrogen-bond donors (Lipinski definition) is 1. The number of fused-ring (bicyclic) bond motifs is 2. The molecular weight excluding hydrogens is 354 g/mol. The van der Waals surface area contributed by atoms with E-state index in [2.05, 4.69) is 15.9 Å². The molecule has 1 aromatic rings. The number of halogens is 1. The zero-order valence-electron chi connectivity index (χ0n) is 11.8. The molecule has 1 amide bonds. The maximum atomic E-state index is 12.8. The molecular formula is C15H18BrNO3S. The maximum Gasteiger partial charge on any atom is 0.303 e. The molecule has 2 atom stereocenters. The third-order valence-electron chi connectivity index (χ3n) is 4.60. The molecule has 2 aliphatic heterocycles. The van der Waals surface area contributed by atoms with Crippen LogP contribution in [0.25, 0.3) is 0 Å². The molecule has 2 fully saturated rings. The normalized spacial score (nSPS) is 27.9. The van der Waals surface area contributed by atoms with E-state index in [-0.39, 0.29) is 30.3 Å². The van der Waals surface area contributed by atoms with Gasteiger partial charge in [0.05, 0.1) is 8.66 Å². The number of thiophene rings is 1. The van der Waals surface area contributed by atoms with Crippen molar-refractivity contribution in [2.75, 3.05) is 0 Å². The number of carboxylic acid groups (broad SMARTS) is 1. The number of carbonyl (C=O) groups excluding carboxylic acids is 1. The Hall–Kier alpha value is -0.880. The fourth-order valence-corrected chi connectivity index (χ4v) is 5.21. The molecule has 114 valence electrons. The molecule has 3 heterocycles. The molecule has 2 saturated heterocycles. The van der Waals surface area contributed by atoms with Crippen LogP contribution in [-0.2, 0) is 4.79 Å². The second kappa shape index (κ2) is 5.72. The van der Waals surface area contributed by atoms with Gasteiger partial charge in [-0.3, -0.25) is 9.59 Å². The van der Waals surface area contributed by atoms with Crippen LogP contribution in [0.15, 0.2) is 9.85 Å². The van der Waals surface area contributed by atoms with Gasteiger partial charge in [0.2, 0.25) is 0 Å². The first-order valence-electron chi connectivity index (χ1n) is 7.26. The van der Waals surface area contributed by atoms with Gasteiger partial charge in [0.25, 0.3) is 5.91 Å². The minimum absolute atomic E-state index is 0.120. The molecule has 0 radical (unpaired) electrons. The Labute approximate surface area is 136 Å². The Bertz CT molecular complexity index is 552. The smallest absolute Gasteiger partial charge is 0.303 e. The van der Waals surface area contributed by atoms with Crippen LogP contribution in [0.1, 0.15) is 47.3 Å². The van der Waals surface area contributed by atoms with Gasteiger partial charge in [0.15, 0.2) is 0 Å². The Kier molecular flexibility index (Phi) is 4.10. The summed E-state index contributed by atoms with van der Waals surface area (Å²) < 4.78 is 1.01. The van der Waals surface area contributed by atoms with E-state index in [0.29, 0.717) is 0 Å². The highest BCUT2D eigenvalue weighted by atomic mass is 79.9. The van der Waals surface area contributed by atoms with Gasteiger partial charge in [-0.15, -0.1) is 11.3 Å². The highest BCUT2D eigenvalue weighted by molar-refractivity contribution is 9.11. The summed E-state index contributed by atoms with van der Waals surface area (Å²) in [5, 5.41) is 8.96. The Morgan fingerprint density at radius 1 is 1.38 bits per heavy atom. The fourth-order valence-electron chi connectivity index (χ4n) is 3.73. The molecule has 4 nitrogen and oxygen atoms in total. The molecule has 0 saturated carbocycles. The van der Waals surface area contributed by atoms with Crippen molar-refractivity contribution in [2.24, 2.45) is 5.92 Å². The lowest BCUT2D eigenvalue weighted by Crippen LogP contribution is -2.46. The van der Waals surface area contributed by atoms with Crippen LogP contribution >= 0.6 is 27.3 Å². The predicted octanol–water partition coefficient (Wildman–Crippen LogP) is 3.68. The lowest BCUT2D eigenvalue weighted by molar-refractivity contribution is -0.138. The SMILES string of the molecule is Cc1cc(C(=O)N2C3CCC2CC(CC(=O)O)C3)sc1Br. The van der Waals surface area contributed by atoms with Crippen molar-refractivity contribution in [3.05, 3.63) is 20.3 Å². The zero-order chi connectivity index (χ0) is 15.1. The van der Waals surface area contributed by atoms with E-state index < -0.39 is 5.97 Å². The number of carboxylic acids is 1. The van der Waals surface area contributed by atoms with Crippen molar-refractivity contribution < 1.29 is 14.7 Å². The lowest BCUT2D eigenvalue weighted by atomic mass is 9.88. The summed E-state index contributed by atoms with van der Waals surface area (Å²) >= 11 is 4.96. The number of piperidine rings is 1. The van der Waals surface area contributed by atoms with Crippen molar-refractivity contribution in [3.63, 3.8) is 0 Å². The van der Waals surface area contributed by atoms with Gasteiger partial charge in [-0.05, 0) is 66.1 Å². The highest BCUT2D eigenvalue weighted by Crippen LogP contribution is 2.41. The van der Waals surface area contributed by atoms with Crippen LogP contribution in [0.4, 0.5) is 0 Å². The van der Waals surface area contributed by atoms with E-state index in [1.54, 1.807) is 0 Å². The second-order valence-corrected chi connectivity index (χ2v) is 8.47. The number of aryl methyl sites for hydroxylation is 1. The molecule has 21 heavy (non-hydrogen) atoms. The third kappa shape index (κ3) is 2.88. The third-order valence-corrected chi connectivity index (χ3v) is 6.72. The molecule has 2 bridgehead atoms. The first-order chi connectivity index (χ1) is 9.95. The summed E-state index contributed by atoms with van der Waals surface area (Å²) in [5.74, 6) is -0.382. The van der Waals surface area contributed by atoms with Crippen LogP contribution in [0.2, 0.25) is 0 Å². The zero-order valence-corrected chi connectivity index (χ0v) is 14.2. The standard InChI is InChI=1S/C15H18BrNO3S/c1-8-4-12(21-14(8)16)15(20)17-10-2-3-11(17)6-9(5-10)7-13(18)19/h4,9-11H,2-3,5-7H2,1H3,(H,18,19). The van der Waals surface area contributed by atoms with Crippen molar-refractivity contribution in [1.82, 2.24) is 4.90 Å². The van der Waals surface area contributed by atoms with Crippen LogP contribution < -0.4 is 0 Å². The predicted molar refractivity (Wildman–Crippen MR) is 84.7 cm³/mol. The Morgan fingerprint density at radius 2 is 2.00 bits per heavy atom. The number of rotatable bonds is 3. The summed E-state index contributed by atoms with van der Waals surface area (Å²) in [6.45, 7) is 1.99. The first kappa shape index (κ1) is 15.0. The lowest BCUT2D eigenvalue weighted by Gasteiger charge is -2.38. The second-order valence-electron chi connectivity index (χ2n) is 6.10. The number of carbonyl (C=O) groups is 2. The highest BCUT2D eigenvalue weighted by Gasteiger charge is 2.44. The minimum atomic E-state index is -0.725. The molecule has 1 N–H and O–H groups in total. The van der Waals surface area contributed by atoms with Gasteiger partial charge in [0.1, 0.15) is 0 Å². The average molecular weight is 372 g/mol. The summed E-state index contributed by atoms with van der Waals surface area (Å²) in [5.41, 5.74) is 1.09. The van der Waals surface area contributed by atoms with Gasteiger partial charge in [0, 0.05) is 18.5 Å². The average Bonchev–Trinajstić information content (AvgIpc) is 2.87. The fraction of sp³-hybridized carbons (Fsp3) is 0.600. The van der Waals surface area contributed by atoms with E-state index in [1.807, 2.05) is 17.9 Å². The van der Waals surface area contributed by atoms with Crippen LogP contribution in [0.5, 0.6) is 0 Å². The van der Waals surface area contributed by atoms with E-state index in [4.69, 9.17) is 5.11 Å². The van der Waals surface area contributed by atoms with Crippen LogP contribution in [-0.4, -0.2) is 34.0 Å². The number of aliphatic carboxylic acids is 1. The Morgan fingerprint density at radius 3 is 2.48 bits per heavy atom. The molecule has 6 heteroatoms. The molecule has 1 aromatic heterocycles. The summed E-state index contributed by atoms with van der Waals surface area (Å²) in [7, 11) is 0. The molecule has 2 unspecified atom stereocenters. The monoisotopic (exact) mass is 371 g/mol. The van der Waals surface area contributed by atoms with E-state index in [0.717, 1.165) is 39.9 Å². The molecule has 2 aliphatic rings. The largest absolute Gasteiger partial charge is 0.481 e. The maximum absolute atomic E-state index is 12.8. The van der Waals surface area contributed by atoms with Gasteiger partial charge >= 0.3 is 5.97 Å². The first-order valence-corrected chi connectivity index (χ1v) is 8.87. The van der Waals surface area contributed by atoms with Crippen molar-refractivity contribution in [2.45, 2.75) is 51.1 Å². The van der Waals surface area contributed by atoms with Gasteiger partial charge in [-0.2, -0.15) is 0 Å². The minimum Gasteiger partial charge on any atom is -0.481 e. The van der Waals surface area contributed by atoms with E-state index in [9.17, 15) is 9.59 Å². The van der Waals surface area contributed by atoms with Crippen molar-refractivity contribution in [1.29, 1.82) is 0 Å². The van der Waals surface area contributed by atoms with Crippen LogP contribution in [0, 0.1) is 12.8 Å². The van der Waals surface area contributed by atoms with Gasteiger partial charge in [-0.25, -0.2) is 0 Å². The number of hydrogen-bond acceptors (Lipinski definition) is 3. The number of amides is 1. The van der Waals surface area contributed by atoms with Gasteiger partial charge in [-0.1, -0.05) is 0 Å². The van der Waals surface area contributed by atoms with Crippen molar-refractivity contribution >= 4 is 39.1 Å². The summed E-state index contributed by atoms with van der Waals surface area (Å²) in [4.78, 5) is 26.5. The number of nitrogens with zero attached hydrogens (tertiary/aromatic N) is 1. The Balaban J connectivity index is 1.75. The van der Waals surface area contributed by atoms with Crippen LogP contribution in [0.3, 0.4) is 0 Å². The van der Waals surface area contributed by atoms with Crippen molar-refractivity contribution in [3.8, 4) is 0 Å². The quantitative estimate of drug-likeness (QED) is 0.881. The van der Waals surface area contributed by atoms with E-state index in [1.165, 1.54) is 11.3 Å². The summed E-state index contributed by atoms with van der Waals surface area (Å²) in [6, 6.07) is 2.39. The van der Waals surface area contributed by atoms with Gasteiger partial charge < -0.3 is 10.0 Å². The molecule has 3 rings (SSSR count).